The number of hydrogen-bond acceptors (Lipinski definition) is 8. The van der Waals surface area contributed by atoms with Crippen molar-refractivity contribution in [2.24, 2.45) is 29.6 Å². The maximum atomic E-state index is 13.9. The number of rotatable bonds is 3. The largest absolute Gasteiger partial charge is 0.507 e. The highest BCUT2D eigenvalue weighted by molar-refractivity contribution is 6.31. The van der Waals surface area contributed by atoms with Gasteiger partial charge in [-0.1, -0.05) is 39.8 Å². The number of ketones is 5. The predicted molar refractivity (Wildman–Crippen MR) is 125 cm³/mol. The molecule has 3 aliphatic carbocycles. The molecule has 0 radical (unpaired) electrons. The molecular weight excluding hydrogens is 468 g/mol. The lowest BCUT2D eigenvalue weighted by Crippen LogP contribution is -2.70. The summed E-state index contributed by atoms with van der Waals surface area (Å²) in [4.78, 5) is 77.5. The van der Waals surface area contributed by atoms with Crippen LogP contribution in [0.4, 0.5) is 0 Å². The van der Waals surface area contributed by atoms with Crippen molar-refractivity contribution in [2.45, 2.75) is 64.4 Å². The Bertz CT molecular complexity index is 1240. The minimum Gasteiger partial charge on any atom is -0.507 e. The van der Waals surface area contributed by atoms with Gasteiger partial charge in [0.05, 0.1) is 11.5 Å². The number of phenols is 1. The quantitative estimate of drug-likeness (QED) is 0.529. The molecule has 0 amide bonds. The Hall–Kier alpha value is -3.20. The van der Waals surface area contributed by atoms with Gasteiger partial charge in [-0.25, -0.2) is 0 Å². The first kappa shape index (κ1) is 25.9. The molecule has 0 aliphatic heterocycles. The molecule has 2 fully saturated rings. The highest BCUT2D eigenvalue weighted by Gasteiger charge is 2.70. The molecule has 0 bridgehead atoms. The van der Waals surface area contributed by atoms with Crippen LogP contribution in [0.15, 0.2) is 12.1 Å². The van der Waals surface area contributed by atoms with Crippen LogP contribution in [0.25, 0.3) is 0 Å². The number of aliphatic hydroxyl groups is 1. The summed E-state index contributed by atoms with van der Waals surface area (Å²) in [6, 6.07) is 3.42. The lowest BCUT2D eigenvalue weighted by molar-refractivity contribution is -0.185. The SMILES string of the molecule is CC(=O)C[C@H]1[C@H]2C(C(=O)c3c(ccc(C(C)(C)C)c3O)[C@@H]2C)C(=O)[C@]2(O)C(=O)C(C(=O)O)C(=O)C[C@H]12. The number of hydrogen-bond donors (Lipinski definition) is 3. The highest BCUT2D eigenvalue weighted by Crippen LogP contribution is 2.57. The standard InChI is InChI=1S/C27H30O9/c1-10(28)8-13-15-9-16(29)19(25(34)35)23(32)27(15,36)24(33)20-17(13)11(2)12-6-7-14(26(3,4)5)21(30)18(12)22(20)31/h6-7,11,13,15,17,19-20,30,36H,8-9H2,1-5H3,(H,34,35)/t11-,13+,15+,17-,19?,20?,27+/m0/s1. The van der Waals surface area contributed by atoms with E-state index in [9.17, 15) is 44.1 Å². The summed E-state index contributed by atoms with van der Waals surface area (Å²) in [5.74, 6) is -14.1. The van der Waals surface area contributed by atoms with E-state index in [2.05, 4.69) is 0 Å². The second-order valence-electron chi connectivity index (χ2n) is 11.5. The first-order chi connectivity index (χ1) is 16.5. The van der Waals surface area contributed by atoms with E-state index in [1.807, 2.05) is 20.8 Å². The molecule has 0 heterocycles. The topological polar surface area (TPSA) is 163 Å². The molecule has 192 valence electrons. The van der Waals surface area contributed by atoms with E-state index >= 15 is 0 Å². The third-order valence-corrected chi connectivity index (χ3v) is 8.36. The zero-order valence-corrected chi connectivity index (χ0v) is 20.8. The van der Waals surface area contributed by atoms with Crippen LogP contribution in [0.2, 0.25) is 0 Å². The van der Waals surface area contributed by atoms with E-state index in [4.69, 9.17) is 0 Å². The van der Waals surface area contributed by atoms with Gasteiger partial charge in [0.1, 0.15) is 11.5 Å². The van der Waals surface area contributed by atoms with Crippen molar-refractivity contribution in [3.63, 3.8) is 0 Å². The van der Waals surface area contributed by atoms with E-state index < -0.39 is 82.0 Å². The van der Waals surface area contributed by atoms with E-state index in [0.29, 0.717) is 11.1 Å². The van der Waals surface area contributed by atoms with Gasteiger partial charge in [0.15, 0.2) is 34.7 Å². The van der Waals surface area contributed by atoms with Crippen LogP contribution in [0, 0.1) is 29.6 Å². The molecule has 1 aromatic rings. The van der Waals surface area contributed by atoms with Crippen molar-refractivity contribution in [1.29, 1.82) is 0 Å². The summed E-state index contributed by atoms with van der Waals surface area (Å²) in [6.45, 7) is 8.58. The first-order valence-electron chi connectivity index (χ1n) is 12.0. The smallest absolute Gasteiger partial charge is 0.321 e. The highest BCUT2D eigenvalue weighted by atomic mass is 16.4. The fraction of sp³-hybridized carbons (Fsp3) is 0.556. The van der Waals surface area contributed by atoms with Crippen molar-refractivity contribution in [2.75, 3.05) is 0 Å². The fourth-order valence-corrected chi connectivity index (χ4v) is 6.75. The van der Waals surface area contributed by atoms with Gasteiger partial charge >= 0.3 is 5.97 Å². The summed E-state index contributed by atoms with van der Waals surface area (Å²) in [5, 5.41) is 32.1. The normalized spacial score (nSPS) is 34.1. The maximum Gasteiger partial charge on any atom is 0.321 e. The zero-order valence-electron chi connectivity index (χ0n) is 20.8. The lowest BCUT2D eigenvalue weighted by Gasteiger charge is -2.54. The fourth-order valence-electron chi connectivity index (χ4n) is 6.75. The molecule has 9 nitrogen and oxygen atoms in total. The average molecular weight is 499 g/mol. The number of carbonyl (C=O) groups is 6. The third kappa shape index (κ3) is 3.39. The second-order valence-corrected chi connectivity index (χ2v) is 11.5. The van der Waals surface area contributed by atoms with Crippen LogP contribution in [0.5, 0.6) is 5.75 Å². The van der Waals surface area contributed by atoms with Crippen molar-refractivity contribution in [3.05, 3.63) is 28.8 Å². The Labute approximate surface area is 207 Å². The van der Waals surface area contributed by atoms with Crippen LogP contribution in [0.3, 0.4) is 0 Å². The van der Waals surface area contributed by atoms with Gasteiger partial charge < -0.3 is 20.1 Å². The Morgan fingerprint density at radius 3 is 2.22 bits per heavy atom. The molecule has 7 atom stereocenters. The van der Waals surface area contributed by atoms with E-state index in [-0.39, 0.29) is 23.5 Å². The Morgan fingerprint density at radius 2 is 1.69 bits per heavy atom. The van der Waals surface area contributed by atoms with Crippen molar-refractivity contribution >= 4 is 34.9 Å². The Kier molecular flexibility index (Phi) is 5.87. The summed E-state index contributed by atoms with van der Waals surface area (Å²) in [7, 11) is 0. The number of carboxylic acids is 1. The van der Waals surface area contributed by atoms with Crippen LogP contribution in [-0.2, 0) is 29.4 Å². The number of phenolic OH excluding ortho intramolecular Hbond substituents is 1. The molecule has 2 unspecified atom stereocenters. The third-order valence-electron chi connectivity index (χ3n) is 8.36. The van der Waals surface area contributed by atoms with Gasteiger partial charge in [0, 0.05) is 18.8 Å². The van der Waals surface area contributed by atoms with E-state index in [1.54, 1.807) is 19.1 Å². The summed E-state index contributed by atoms with van der Waals surface area (Å²) >= 11 is 0. The van der Waals surface area contributed by atoms with Gasteiger partial charge in [-0.05, 0) is 41.2 Å². The summed E-state index contributed by atoms with van der Waals surface area (Å²) < 4.78 is 0. The van der Waals surface area contributed by atoms with Crippen LogP contribution in [0.1, 0.15) is 74.9 Å². The minimum absolute atomic E-state index is 0.0673. The molecule has 0 saturated heterocycles. The maximum absolute atomic E-state index is 13.9. The van der Waals surface area contributed by atoms with Gasteiger partial charge in [0.2, 0.25) is 0 Å². The molecule has 4 rings (SSSR count). The number of aliphatic carboxylic acids is 1. The number of aromatic hydroxyl groups is 1. The number of Topliss-reactive ketones (excluding diaryl/α,β-unsaturated/α-hetero) is 5. The molecule has 3 aliphatic rings. The molecule has 9 heteroatoms. The van der Waals surface area contributed by atoms with Crippen molar-refractivity contribution < 1.29 is 44.1 Å². The Morgan fingerprint density at radius 1 is 1.08 bits per heavy atom. The van der Waals surface area contributed by atoms with Gasteiger partial charge in [0.25, 0.3) is 0 Å². The first-order valence-corrected chi connectivity index (χ1v) is 12.0. The molecule has 0 spiro atoms. The molecule has 2 saturated carbocycles. The molecule has 36 heavy (non-hydrogen) atoms. The van der Waals surface area contributed by atoms with E-state index in [0.717, 1.165) is 0 Å². The summed E-state index contributed by atoms with van der Waals surface area (Å²) in [6.07, 6.45) is -0.785. The van der Waals surface area contributed by atoms with Gasteiger partial charge in [-0.15, -0.1) is 0 Å². The van der Waals surface area contributed by atoms with E-state index in [1.165, 1.54) is 6.92 Å². The van der Waals surface area contributed by atoms with Gasteiger partial charge in [-0.2, -0.15) is 0 Å². The average Bonchev–Trinajstić information content (AvgIpc) is 2.74. The number of benzene rings is 1. The molecule has 0 aromatic heterocycles. The van der Waals surface area contributed by atoms with Crippen molar-refractivity contribution in [1.82, 2.24) is 0 Å². The Balaban J connectivity index is 1.96. The monoisotopic (exact) mass is 498 g/mol. The molecule has 3 N–H and O–H groups in total. The summed E-state index contributed by atoms with van der Waals surface area (Å²) in [5.41, 5.74) is -2.55. The minimum atomic E-state index is -2.90. The predicted octanol–water partition coefficient (Wildman–Crippen LogP) is 1.99. The lowest BCUT2D eigenvalue weighted by atomic mass is 9.47. The molecule has 1 aromatic carbocycles. The number of fused-ring (bicyclic) bond motifs is 3. The van der Waals surface area contributed by atoms with Crippen LogP contribution < -0.4 is 0 Å². The van der Waals surface area contributed by atoms with Crippen LogP contribution >= 0.6 is 0 Å². The van der Waals surface area contributed by atoms with Gasteiger partial charge in [-0.3, -0.25) is 24.0 Å². The second kappa shape index (κ2) is 8.16. The molecular formula is C27H30O9. The number of carboxylic acid groups (broad SMARTS) is 1. The number of carbonyl (C=O) groups excluding carboxylic acids is 5. The van der Waals surface area contributed by atoms with Crippen LogP contribution in [-0.4, -0.2) is 55.8 Å². The van der Waals surface area contributed by atoms with Crippen molar-refractivity contribution in [3.8, 4) is 5.75 Å². The zero-order chi connectivity index (χ0) is 27.1.